The molecule has 4 rings (SSSR count). The van der Waals surface area contributed by atoms with Gasteiger partial charge in [0.05, 0.1) is 5.41 Å². The van der Waals surface area contributed by atoms with Gasteiger partial charge in [-0.25, -0.2) is 0 Å². The Balaban J connectivity index is 1.43. The van der Waals surface area contributed by atoms with Crippen molar-refractivity contribution in [3.05, 3.63) is 59.7 Å². The zero-order valence-electron chi connectivity index (χ0n) is 16.9. The summed E-state index contributed by atoms with van der Waals surface area (Å²) in [4.78, 5) is 14.5. The molecule has 3 heteroatoms. The Hall–Kier alpha value is -2.13. The minimum Gasteiger partial charge on any atom is -0.481 e. The predicted molar refractivity (Wildman–Crippen MR) is 114 cm³/mol. The monoisotopic (exact) mass is 377 g/mol. The van der Waals surface area contributed by atoms with E-state index >= 15 is 0 Å². The zero-order chi connectivity index (χ0) is 19.6. The van der Waals surface area contributed by atoms with Crippen LogP contribution in [0.1, 0.15) is 56.6 Å². The van der Waals surface area contributed by atoms with Gasteiger partial charge in [-0.2, -0.15) is 0 Å². The highest BCUT2D eigenvalue weighted by Crippen LogP contribution is 2.41. The molecule has 0 radical (unpaired) electrons. The van der Waals surface area contributed by atoms with Crippen LogP contribution in [0.5, 0.6) is 0 Å². The van der Waals surface area contributed by atoms with Gasteiger partial charge in [-0.1, -0.05) is 61.4 Å². The summed E-state index contributed by atoms with van der Waals surface area (Å²) < 4.78 is 0. The van der Waals surface area contributed by atoms with Gasteiger partial charge >= 0.3 is 5.97 Å². The molecule has 2 aromatic rings. The lowest BCUT2D eigenvalue weighted by molar-refractivity contribution is -0.143. The van der Waals surface area contributed by atoms with Gasteiger partial charge in [-0.3, -0.25) is 4.79 Å². The van der Waals surface area contributed by atoms with Crippen molar-refractivity contribution < 1.29 is 9.90 Å². The third-order valence-corrected chi connectivity index (χ3v) is 6.97. The Morgan fingerprint density at radius 3 is 2.14 bits per heavy atom. The van der Waals surface area contributed by atoms with Crippen molar-refractivity contribution in [2.75, 3.05) is 13.1 Å². The molecule has 1 unspecified atom stereocenters. The summed E-state index contributed by atoms with van der Waals surface area (Å²) in [6.45, 7) is 4.72. The van der Waals surface area contributed by atoms with Gasteiger partial charge < -0.3 is 10.0 Å². The number of hydrogen-bond acceptors (Lipinski definition) is 2. The lowest BCUT2D eigenvalue weighted by atomic mass is 9.78. The lowest BCUT2D eigenvalue weighted by Crippen LogP contribution is -2.32. The maximum absolute atomic E-state index is 11.9. The highest BCUT2D eigenvalue weighted by Gasteiger charge is 2.42. The fourth-order valence-corrected chi connectivity index (χ4v) is 5.05. The van der Waals surface area contributed by atoms with Crippen LogP contribution in [0.25, 0.3) is 11.1 Å². The van der Waals surface area contributed by atoms with Crippen molar-refractivity contribution in [3.63, 3.8) is 0 Å². The van der Waals surface area contributed by atoms with E-state index < -0.39 is 11.4 Å². The smallest absolute Gasteiger partial charge is 0.314 e. The maximum Gasteiger partial charge on any atom is 0.314 e. The van der Waals surface area contributed by atoms with Crippen LogP contribution < -0.4 is 0 Å². The molecule has 3 nitrogen and oxygen atoms in total. The topological polar surface area (TPSA) is 40.5 Å². The van der Waals surface area contributed by atoms with Crippen LogP contribution in [0, 0.1) is 0 Å². The van der Waals surface area contributed by atoms with E-state index in [1.54, 1.807) is 0 Å². The Morgan fingerprint density at radius 1 is 1.00 bits per heavy atom. The van der Waals surface area contributed by atoms with Crippen LogP contribution in [-0.2, 0) is 16.6 Å². The summed E-state index contributed by atoms with van der Waals surface area (Å²) in [5, 5.41) is 9.78. The molecule has 1 saturated carbocycles. The van der Waals surface area contributed by atoms with E-state index in [-0.39, 0.29) is 0 Å². The number of benzene rings is 2. The molecular formula is C25H31NO2. The molecule has 2 fully saturated rings. The van der Waals surface area contributed by atoms with Crippen LogP contribution >= 0.6 is 0 Å². The van der Waals surface area contributed by atoms with Crippen LogP contribution in [0.15, 0.2) is 48.5 Å². The van der Waals surface area contributed by atoms with E-state index in [4.69, 9.17) is 0 Å². The fourth-order valence-electron chi connectivity index (χ4n) is 5.05. The Labute approximate surface area is 168 Å². The third-order valence-electron chi connectivity index (χ3n) is 6.97. The minimum absolute atomic E-state index is 0.672. The van der Waals surface area contributed by atoms with E-state index in [1.165, 1.54) is 30.5 Å². The molecular weight excluding hydrogens is 346 g/mol. The van der Waals surface area contributed by atoms with Crippen LogP contribution in [0.4, 0.5) is 0 Å². The van der Waals surface area contributed by atoms with Crippen LogP contribution in [0.2, 0.25) is 0 Å². The molecule has 2 aromatic carbocycles. The molecule has 28 heavy (non-hydrogen) atoms. The van der Waals surface area contributed by atoms with Crippen molar-refractivity contribution in [2.45, 2.75) is 63.3 Å². The molecule has 0 spiro atoms. The first-order valence-corrected chi connectivity index (χ1v) is 10.8. The molecule has 0 bridgehead atoms. The van der Waals surface area contributed by atoms with Gasteiger partial charge in [-0.05, 0) is 67.8 Å². The van der Waals surface area contributed by atoms with E-state index in [2.05, 4.69) is 48.2 Å². The second-order valence-electron chi connectivity index (χ2n) is 8.65. The number of hydrogen-bond donors (Lipinski definition) is 1. The van der Waals surface area contributed by atoms with Gasteiger partial charge in [-0.15, -0.1) is 0 Å². The van der Waals surface area contributed by atoms with E-state index in [1.807, 2.05) is 12.1 Å². The van der Waals surface area contributed by atoms with Crippen LogP contribution in [-0.4, -0.2) is 35.1 Å². The van der Waals surface area contributed by atoms with Crippen LogP contribution in [0.3, 0.4) is 0 Å². The van der Waals surface area contributed by atoms with Gasteiger partial charge in [0.1, 0.15) is 0 Å². The highest BCUT2D eigenvalue weighted by molar-refractivity contribution is 5.82. The quantitative estimate of drug-likeness (QED) is 0.745. The Kier molecular flexibility index (Phi) is 5.54. The maximum atomic E-state index is 11.9. The number of aliphatic carboxylic acids is 1. The zero-order valence-corrected chi connectivity index (χ0v) is 16.9. The lowest BCUT2D eigenvalue weighted by Gasteiger charge is -2.24. The number of likely N-dealkylation sites (tertiary alicyclic amines) is 1. The number of carboxylic acid groups (broad SMARTS) is 1. The third kappa shape index (κ3) is 3.73. The first kappa shape index (κ1) is 19.2. The molecule has 0 amide bonds. The van der Waals surface area contributed by atoms with E-state index in [9.17, 15) is 9.90 Å². The average molecular weight is 378 g/mol. The van der Waals surface area contributed by atoms with Crippen molar-refractivity contribution in [1.29, 1.82) is 0 Å². The van der Waals surface area contributed by atoms with Gasteiger partial charge in [0.25, 0.3) is 0 Å². The second-order valence-corrected chi connectivity index (χ2v) is 8.65. The standard InChI is InChI=1S/C25H31NO2/c1-19-5-4-17-26(19)18-14-20-6-8-21(9-7-20)22-10-12-23(13-11-22)25(24(27)28)15-2-3-16-25/h6-13,19H,2-5,14-18H2,1H3,(H,27,28). The van der Waals surface area contributed by atoms with Gasteiger partial charge in [0.15, 0.2) is 0 Å². The summed E-state index contributed by atoms with van der Waals surface area (Å²) in [6, 6.07) is 17.8. The molecule has 0 aromatic heterocycles. The van der Waals surface area contributed by atoms with Gasteiger partial charge in [0.2, 0.25) is 0 Å². The van der Waals surface area contributed by atoms with Gasteiger partial charge in [0, 0.05) is 12.6 Å². The minimum atomic E-state index is -0.672. The number of carbonyl (C=O) groups is 1. The summed E-state index contributed by atoms with van der Waals surface area (Å²) in [7, 11) is 0. The molecule has 1 saturated heterocycles. The largest absolute Gasteiger partial charge is 0.481 e. The molecule has 1 heterocycles. The number of carboxylic acids is 1. The molecule has 148 valence electrons. The number of rotatable bonds is 6. The first-order valence-electron chi connectivity index (χ1n) is 10.8. The van der Waals surface area contributed by atoms with Crippen molar-refractivity contribution >= 4 is 5.97 Å². The SMILES string of the molecule is CC1CCCN1CCc1ccc(-c2ccc(C3(C(=O)O)CCCC3)cc2)cc1. The Morgan fingerprint density at radius 2 is 1.61 bits per heavy atom. The van der Waals surface area contributed by atoms with E-state index in [0.717, 1.165) is 55.8 Å². The second kappa shape index (κ2) is 8.08. The summed E-state index contributed by atoms with van der Waals surface area (Å²) >= 11 is 0. The van der Waals surface area contributed by atoms with E-state index in [0.29, 0.717) is 0 Å². The average Bonchev–Trinajstić information content (AvgIpc) is 3.37. The molecule has 2 aliphatic rings. The highest BCUT2D eigenvalue weighted by atomic mass is 16.4. The normalized spacial score (nSPS) is 21.8. The number of nitrogens with zero attached hydrogens (tertiary/aromatic N) is 1. The summed E-state index contributed by atoms with van der Waals surface area (Å²) in [5.41, 5.74) is 4.02. The van der Waals surface area contributed by atoms with Crippen molar-refractivity contribution in [2.24, 2.45) is 0 Å². The molecule has 1 N–H and O–H groups in total. The molecule has 1 aliphatic heterocycles. The fraction of sp³-hybridized carbons (Fsp3) is 0.480. The summed E-state index contributed by atoms with van der Waals surface area (Å²) in [5.74, 6) is -0.672. The molecule has 1 atom stereocenters. The molecule has 1 aliphatic carbocycles. The van der Waals surface area contributed by atoms with Crippen molar-refractivity contribution in [3.8, 4) is 11.1 Å². The van der Waals surface area contributed by atoms with Crippen molar-refractivity contribution in [1.82, 2.24) is 4.90 Å². The first-order chi connectivity index (χ1) is 13.6. The summed E-state index contributed by atoms with van der Waals surface area (Å²) in [6.07, 6.45) is 7.29. The predicted octanol–water partition coefficient (Wildman–Crippen LogP) is 5.28. The Bertz CT molecular complexity index is 803.